The van der Waals surface area contributed by atoms with Crippen LogP contribution < -0.4 is 5.32 Å². The summed E-state index contributed by atoms with van der Waals surface area (Å²) in [7, 11) is 0. The summed E-state index contributed by atoms with van der Waals surface area (Å²) in [5.74, 6) is 1.55. The molecule has 1 saturated heterocycles. The van der Waals surface area contributed by atoms with Crippen LogP contribution in [0.25, 0.3) is 0 Å². The molecule has 96 valence electrons. The molecule has 0 spiro atoms. The highest BCUT2D eigenvalue weighted by Crippen LogP contribution is 2.28. The molecule has 0 aromatic heterocycles. The van der Waals surface area contributed by atoms with Gasteiger partial charge in [-0.25, -0.2) is 0 Å². The average molecular weight is 226 g/mol. The summed E-state index contributed by atoms with van der Waals surface area (Å²) in [6, 6.07) is 1.53. The summed E-state index contributed by atoms with van der Waals surface area (Å²) >= 11 is 0. The first kappa shape index (κ1) is 14.0. The standard InChI is InChI=1S/C14H30N2/c1-6-15-10-14(12(4)5)16-9-7-8-13(16)11(2)3/h11-15H,6-10H2,1-5H3. The zero-order valence-electron chi connectivity index (χ0n) is 11.8. The maximum absolute atomic E-state index is 3.52. The van der Waals surface area contributed by atoms with Gasteiger partial charge in [-0.15, -0.1) is 0 Å². The molecule has 1 aliphatic heterocycles. The van der Waals surface area contributed by atoms with Crippen molar-refractivity contribution in [3.8, 4) is 0 Å². The molecule has 2 heteroatoms. The van der Waals surface area contributed by atoms with Crippen LogP contribution in [0.5, 0.6) is 0 Å². The van der Waals surface area contributed by atoms with Crippen LogP contribution >= 0.6 is 0 Å². The van der Waals surface area contributed by atoms with E-state index in [9.17, 15) is 0 Å². The van der Waals surface area contributed by atoms with Crippen molar-refractivity contribution in [1.29, 1.82) is 0 Å². The Bertz CT molecular complexity index is 189. The minimum absolute atomic E-state index is 0.717. The van der Waals surface area contributed by atoms with Crippen molar-refractivity contribution in [2.24, 2.45) is 11.8 Å². The second kappa shape index (κ2) is 6.61. The van der Waals surface area contributed by atoms with Crippen LogP contribution in [0.1, 0.15) is 47.5 Å². The minimum Gasteiger partial charge on any atom is -0.315 e. The lowest BCUT2D eigenvalue weighted by molar-refractivity contribution is 0.112. The molecule has 1 rings (SSSR count). The highest BCUT2D eigenvalue weighted by molar-refractivity contribution is 4.88. The van der Waals surface area contributed by atoms with E-state index in [1.54, 1.807) is 0 Å². The summed E-state index contributed by atoms with van der Waals surface area (Å²) in [5.41, 5.74) is 0. The lowest BCUT2D eigenvalue weighted by atomic mass is 9.96. The Hall–Kier alpha value is -0.0800. The lowest BCUT2D eigenvalue weighted by Crippen LogP contribution is -2.49. The third kappa shape index (κ3) is 3.46. The summed E-state index contributed by atoms with van der Waals surface area (Å²) in [6.07, 6.45) is 2.78. The van der Waals surface area contributed by atoms with Crippen LogP contribution in [0.4, 0.5) is 0 Å². The van der Waals surface area contributed by atoms with Crippen molar-refractivity contribution in [3.05, 3.63) is 0 Å². The van der Waals surface area contributed by atoms with E-state index in [2.05, 4.69) is 44.8 Å². The highest BCUT2D eigenvalue weighted by Gasteiger charge is 2.33. The fourth-order valence-electron chi connectivity index (χ4n) is 2.97. The molecule has 0 saturated carbocycles. The van der Waals surface area contributed by atoms with Gasteiger partial charge in [0, 0.05) is 18.6 Å². The molecule has 16 heavy (non-hydrogen) atoms. The molecule has 2 unspecified atom stereocenters. The molecule has 0 aromatic carbocycles. The van der Waals surface area contributed by atoms with E-state index in [0.29, 0.717) is 0 Å². The van der Waals surface area contributed by atoms with E-state index in [0.717, 1.165) is 37.0 Å². The molecule has 2 nitrogen and oxygen atoms in total. The second-order valence-electron chi connectivity index (χ2n) is 5.81. The largest absolute Gasteiger partial charge is 0.315 e. The normalized spacial score (nSPS) is 24.6. The average Bonchev–Trinajstić information content (AvgIpc) is 2.66. The first-order valence-corrected chi connectivity index (χ1v) is 7.04. The fourth-order valence-corrected chi connectivity index (χ4v) is 2.97. The number of hydrogen-bond acceptors (Lipinski definition) is 2. The topological polar surface area (TPSA) is 15.3 Å². The van der Waals surface area contributed by atoms with Crippen LogP contribution in [0.3, 0.4) is 0 Å². The van der Waals surface area contributed by atoms with E-state index >= 15 is 0 Å². The van der Waals surface area contributed by atoms with Crippen LogP contribution in [-0.2, 0) is 0 Å². The van der Waals surface area contributed by atoms with E-state index in [4.69, 9.17) is 0 Å². The maximum atomic E-state index is 3.52. The van der Waals surface area contributed by atoms with Crippen LogP contribution in [0.15, 0.2) is 0 Å². The molecule has 1 heterocycles. The van der Waals surface area contributed by atoms with Gasteiger partial charge in [-0.2, -0.15) is 0 Å². The van der Waals surface area contributed by atoms with Gasteiger partial charge in [-0.1, -0.05) is 34.6 Å². The van der Waals surface area contributed by atoms with Gasteiger partial charge in [0.25, 0.3) is 0 Å². The number of nitrogens with zero attached hydrogens (tertiary/aromatic N) is 1. The Kier molecular flexibility index (Phi) is 5.77. The Morgan fingerprint density at radius 2 is 1.94 bits per heavy atom. The van der Waals surface area contributed by atoms with Gasteiger partial charge < -0.3 is 5.32 Å². The number of nitrogens with one attached hydrogen (secondary N) is 1. The summed E-state index contributed by atoms with van der Waals surface area (Å²) in [6.45, 7) is 15.2. The Morgan fingerprint density at radius 3 is 2.44 bits per heavy atom. The predicted molar refractivity (Wildman–Crippen MR) is 71.7 cm³/mol. The molecule has 1 aliphatic rings. The van der Waals surface area contributed by atoms with Gasteiger partial charge in [0.2, 0.25) is 0 Å². The van der Waals surface area contributed by atoms with Gasteiger partial charge in [0.15, 0.2) is 0 Å². The molecule has 1 fully saturated rings. The summed E-state index contributed by atoms with van der Waals surface area (Å²) < 4.78 is 0. The van der Waals surface area contributed by atoms with Crippen molar-refractivity contribution in [3.63, 3.8) is 0 Å². The Morgan fingerprint density at radius 1 is 1.25 bits per heavy atom. The van der Waals surface area contributed by atoms with E-state index in [1.165, 1.54) is 19.4 Å². The molecular weight excluding hydrogens is 196 g/mol. The molecule has 0 radical (unpaired) electrons. The molecular formula is C14H30N2. The fraction of sp³-hybridized carbons (Fsp3) is 1.00. The zero-order chi connectivity index (χ0) is 12.1. The van der Waals surface area contributed by atoms with Gasteiger partial charge in [-0.3, -0.25) is 4.90 Å². The number of rotatable bonds is 6. The van der Waals surface area contributed by atoms with Gasteiger partial charge in [0.05, 0.1) is 0 Å². The van der Waals surface area contributed by atoms with Crippen molar-refractivity contribution in [2.45, 2.75) is 59.5 Å². The summed E-state index contributed by atoms with van der Waals surface area (Å²) in [5, 5.41) is 3.52. The minimum atomic E-state index is 0.717. The van der Waals surface area contributed by atoms with Gasteiger partial charge >= 0.3 is 0 Å². The number of likely N-dealkylation sites (N-methyl/N-ethyl adjacent to an activating group) is 1. The van der Waals surface area contributed by atoms with E-state index in [-0.39, 0.29) is 0 Å². The van der Waals surface area contributed by atoms with Gasteiger partial charge in [0.1, 0.15) is 0 Å². The molecule has 0 bridgehead atoms. The maximum Gasteiger partial charge on any atom is 0.0246 e. The first-order valence-electron chi connectivity index (χ1n) is 7.04. The highest BCUT2D eigenvalue weighted by atomic mass is 15.2. The van der Waals surface area contributed by atoms with E-state index in [1.807, 2.05) is 0 Å². The second-order valence-corrected chi connectivity index (χ2v) is 5.81. The van der Waals surface area contributed by atoms with Crippen molar-refractivity contribution >= 4 is 0 Å². The van der Waals surface area contributed by atoms with Crippen molar-refractivity contribution in [2.75, 3.05) is 19.6 Å². The molecule has 1 N–H and O–H groups in total. The third-order valence-electron chi connectivity index (χ3n) is 3.91. The van der Waals surface area contributed by atoms with Crippen LogP contribution in [-0.4, -0.2) is 36.6 Å². The monoisotopic (exact) mass is 226 g/mol. The van der Waals surface area contributed by atoms with Gasteiger partial charge in [-0.05, 0) is 37.8 Å². The molecule has 2 atom stereocenters. The van der Waals surface area contributed by atoms with Crippen LogP contribution in [0.2, 0.25) is 0 Å². The third-order valence-corrected chi connectivity index (χ3v) is 3.91. The molecule has 0 amide bonds. The zero-order valence-corrected chi connectivity index (χ0v) is 11.8. The Labute approximate surface area is 102 Å². The number of likely N-dealkylation sites (tertiary alicyclic amines) is 1. The van der Waals surface area contributed by atoms with E-state index < -0.39 is 0 Å². The summed E-state index contributed by atoms with van der Waals surface area (Å²) in [4.78, 5) is 2.76. The van der Waals surface area contributed by atoms with Crippen LogP contribution in [0, 0.1) is 11.8 Å². The molecule has 0 aliphatic carbocycles. The Balaban J connectivity index is 2.61. The van der Waals surface area contributed by atoms with Crippen molar-refractivity contribution < 1.29 is 0 Å². The lowest BCUT2D eigenvalue weighted by Gasteiger charge is -2.37. The first-order chi connectivity index (χ1) is 7.57. The smallest absolute Gasteiger partial charge is 0.0246 e. The predicted octanol–water partition coefficient (Wildman–Crippen LogP) is 2.74. The molecule has 0 aromatic rings. The number of hydrogen-bond donors (Lipinski definition) is 1. The van der Waals surface area contributed by atoms with Crippen molar-refractivity contribution in [1.82, 2.24) is 10.2 Å². The SMILES string of the molecule is CCNCC(C(C)C)N1CCCC1C(C)C. The quantitative estimate of drug-likeness (QED) is 0.749.